The number of hydrogen-bond acceptors (Lipinski definition) is 2. The van der Waals surface area contributed by atoms with E-state index in [1.165, 1.54) is 5.56 Å². The highest BCUT2D eigenvalue weighted by molar-refractivity contribution is 5.89. The molecule has 21 heavy (non-hydrogen) atoms. The normalized spacial score (nSPS) is 10.0. The van der Waals surface area contributed by atoms with Crippen LogP contribution in [0.5, 0.6) is 5.75 Å². The maximum atomic E-state index is 11.8. The molecule has 2 amide bonds. The fourth-order valence-electron chi connectivity index (χ4n) is 2.11. The lowest BCUT2D eigenvalue weighted by molar-refractivity contribution is 0.252. The lowest BCUT2D eigenvalue weighted by Gasteiger charge is -2.11. The van der Waals surface area contributed by atoms with Crippen LogP contribution < -0.4 is 15.4 Å². The number of nitrogens with one attached hydrogen (secondary N) is 2. The number of ether oxygens (including phenoxy) is 1. The summed E-state index contributed by atoms with van der Waals surface area (Å²) < 4.78 is 5.33. The van der Waals surface area contributed by atoms with E-state index in [1.807, 2.05) is 49.4 Å². The molecule has 0 aliphatic rings. The quantitative estimate of drug-likeness (QED) is 0.884. The molecule has 110 valence electrons. The predicted octanol–water partition coefficient (Wildman–Crippen LogP) is 3.37. The molecule has 0 saturated heterocycles. The van der Waals surface area contributed by atoms with Gasteiger partial charge in [-0.25, -0.2) is 4.79 Å². The topological polar surface area (TPSA) is 50.4 Å². The van der Waals surface area contributed by atoms with Crippen LogP contribution in [0.25, 0.3) is 0 Å². The SMILES string of the molecule is COc1ccc(C)cc1CCNC(=O)Nc1ccccc1. The molecular weight excluding hydrogens is 264 g/mol. The summed E-state index contributed by atoms with van der Waals surface area (Å²) in [6.07, 6.45) is 0.729. The van der Waals surface area contributed by atoms with Crippen molar-refractivity contribution in [3.05, 3.63) is 59.7 Å². The zero-order valence-electron chi connectivity index (χ0n) is 12.3. The second kappa shape index (κ2) is 7.33. The summed E-state index contributed by atoms with van der Waals surface area (Å²) in [6.45, 7) is 2.59. The van der Waals surface area contributed by atoms with Gasteiger partial charge in [-0.1, -0.05) is 35.9 Å². The fourth-order valence-corrected chi connectivity index (χ4v) is 2.11. The van der Waals surface area contributed by atoms with E-state index in [0.29, 0.717) is 6.54 Å². The standard InChI is InChI=1S/C17H20N2O2/c1-13-8-9-16(21-2)14(12-13)10-11-18-17(20)19-15-6-4-3-5-7-15/h3-9,12H,10-11H2,1-2H3,(H2,18,19,20). The summed E-state index contributed by atoms with van der Waals surface area (Å²) in [5.41, 5.74) is 3.06. The molecule has 0 aliphatic heterocycles. The molecule has 0 unspecified atom stereocenters. The van der Waals surface area contributed by atoms with E-state index in [4.69, 9.17) is 4.74 Å². The van der Waals surface area contributed by atoms with Crippen LogP contribution in [0.2, 0.25) is 0 Å². The minimum absolute atomic E-state index is 0.201. The molecule has 0 atom stereocenters. The third-order valence-corrected chi connectivity index (χ3v) is 3.15. The zero-order chi connectivity index (χ0) is 15.1. The molecule has 2 aromatic carbocycles. The van der Waals surface area contributed by atoms with Gasteiger partial charge < -0.3 is 15.4 Å². The molecule has 0 spiro atoms. The number of carbonyl (C=O) groups excluding carboxylic acids is 1. The van der Waals surface area contributed by atoms with Crippen LogP contribution in [-0.4, -0.2) is 19.7 Å². The van der Waals surface area contributed by atoms with Gasteiger partial charge in [0, 0.05) is 12.2 Å². The summed E-state index contributed by atoms with van der Waals surface area (Å²) in [5.74, 6) is 0.853. The first-order chi connectivity index (χ1) is 10.2. The summed E-state index contributed by atoms with van der Waals surface area (Å²) in [6, 6.07) is 15.2. The Morgan fingerprint density at radius 3 is 2.62 bits per heavy atom. The van der Waals surface area contributed by atoms with Crippen LogP contribution in [0.1, 0.15) is 11.1 Å². The van der Waals surface area contributed by atoms with Crippen molar-refractivity contribution < 1.29 is 9.53 Å². The number of aryl methyl sites for hydroxylation is 1. The summed E-state index contributed by atoms with van der Waals surface area (Å²) in [5, 5.41) is 5.63. The Bertz CT molecular complexity index is 597. The minimum Gasteiger partial charge on any atom is -0.496 e. The van der Waals surface area contributed by atoms with Gasteiger partial charge in [0.05, 0.1) is 7.11 Å². The van der Waals surface area contributed by atoms with Gasteiger partial charge in [-0.3, -0.25) is 0 Å². The van der Waals surface area contributed by atoms with Crippen molar-refractivity contribution >= 4 is 11.7 Å². The summed E-state index contributed by atoms with van der Waals surface area (Å²) in [7, 11) is 1.66. The zero-order valence-corrected chi connectivity index (χ0v) is 12.3. The van der Waals surface area contributed by atoms with E-state index in [0.717, 1.165) is 23.4 Å². The Morgan fingerprint density at radius 2 is 1.90 bits per heavy atom. The average molecular weight is 284 g/mol. The van der Waals surface area contributed by atoms with Crippen molar-refractivity contribution in [1.29, 1.82) is 0 Å². The molecule has 0 heterocycles. The third-order valence-electron chi connectivity index (χ3n) is 3.15. The fraction of sp³-hybridized carbons (Fsp3) is 0.235. The van der Waals surface area contributed by atoms with Crippen LogP contribution in [0.4, 0.5) is 10.5 Å². The number of anilines is 1. The van der Waals surface area contributed by atoms with Gasteiger partial charge in [0.25, 0.3) is 0 Å². The van der Waals surface area contributed by atoms with Gasteiger partial charge in [-0.2, -0.15) is 0 Å². The first-order valence-electron chi connectivity index (χ1n) is 6.92. The van der Waals surface area contributed by atoms with Crippen LogP contribution in [0, 0.1) is 6.92 Å². The Labute approximate surface area is 125 Å². The number of rotatable bonds is 5. The molecule has 0 aromatic heterocycles. The number of urea groups is 1. The van der Waals surface area contributed by atoms with Crippen molar-refractivity contribution in [2.24, 2.45) is 0 Å². The second-order valence-electron chi connectivity index (χ2n) is 4.81. The number of methoxy groups -OCH3 is 1. The van der Waals surface area contributed by atoms with E-state index in [9.17, 15) is 4.79 Å². The van der Waals surface area contributed by atoms with Crippen molar-refractivity contribution in [3.8, 4) is 5.75 Å². The third kappa shape index (κ3) is 4.53. The van der Waals surface area contributed by atoms with E-state index in [2.05, 4.69) is 16.7 Å². The molecule has 4 heteroatoms. The average Bonchev–Trinajstić information content (AvgIpc) is 2.48. The molecular formula is C17H20N2O2. The van der Waals surface area contributed by atoms with Gasteiger partial charge in [-0.15, -0.1) is 0 Å². The molecule has 0 radical (unpaired) electrons. The second-order valence-corrected chi connectivity index (χ2v) is 4.81. The molecule has 0 bridgehead atoms. The highest BCUT2D eigenvalue weighted by Crippen LogP contribution is 2.19. The molecule has 0 fully saturated rings. The van der Waals surface area contributed by atoms with Crippen molar-refractivity contribution in [2.75, 3.05) is 19.0 Å². The number of benzene rings is 2. The molecule has 0 aliphatic carbocycles. The monoisotopic (exact) mass is 284 g/mol. The van der Waals surface area contributed by atoms with Crippen LogP contribution in [-0.2, 0) is 6.42 Å². The highest BCUT2D eigenvalue weighted by Gasteiger charge is 2.05. The lowest BCUT2D eigenvalue weighted by atomic mass is 10.1. The Balaban J connectivity index is 1.84. The van der Waals surface area contributed by atoms with E-state index < -0.39 is 0 Å². The predicted molar refractivity (Wildman–Crippen MR) is 84.9 cm³/mol. The number of carbonyl (C=O) groups is 1. The largest absolute Gasteiger partial charge is 0.496 e. The maximum absolute atomic E-state index is 11.8. The highest BCUT2D eigenvalue weighted by atomic mass is 16.5. The van der Waals surface area contributed by atoms with Crippen molar-refractivity contribution in [1.82, 2.24) is 5.32 Å². The van der Waals surface area contributed by atoms with Gasteiger partial charge >= 0.3 is 6.03 Å². The Morgan fingerprint density at radius 1 is 1.14 bits per heavy atom. The number of amides is 2. The van der Waals surface area contributed by atoms with Gasteiger partial charge in [-0.05, 0) is 37.1 Å². The smallest absolute Gasteiger partial charge is 0.319 e. The van der Waals surface area contributed by atoms with Gasteiger partial charge in [0.15, 0.2) is 0 Å². The Kier molecular flexibility index (Phi) is 5.21. The van der Waals surface area contributed by atoms with E-state index in [-0.39, 0.29) is 6.03 Å². The maximum Gasteiger partial charge on any atom is 0.319 e. The van der Waals surface area contributed by atoms with Crippen molar-refractivity contribution in [3.63, 3.8) is 0 Å². The summed E-state index contributed by atoms with van der Waals surface area (Å²) in [4.78, 5) is 11.8. The van der Waals surface area contributed by atoms with Gasteiger partial charge in [0.2, 0.25) is 0 Å². The van der Waals surface area contributed by atoms with Crippen LogP contribution in [0.15, 0.2) is 48.5 Å². The molecule has 2 rings (SSSR count). The molecule has 4 nitrogen and oxygen atoms in total. The van der Waals surface area contributed by atoms with E-state index in [1.54, 1.807) is 7.11 Å². The minimum atomic E-state index is -0.201. The van der Waals surface area contributed by atoms with Gasteiger partial charge in [0.1, 0.15) is 5.75 Å². The molecule has 0 saturated carbocycles. The Hall–Kier alpha value is -2.49. The molecule has 2 N–H and O–H groups in total. The first-order valence-corrected chi connectivity index (χ1v) is 6.92. The molecule has 2 aromatic rings. The van der Waals surface area contributed by atoms with Crippen LogP contribution in [0.3, 0.4) is 0 Å². The van der Waals surface area contributed by atoms with E-state index >= 15 is 0 Å². The lowest BCUT2D eigenvalue weighted by Crippen LogP contribution is -2.30. The summed E-state index contributed by atoms with van der Waals surface area (Å²) >= 11 is 0. The van der Waals surface area contributed by atoms with Crippen molar-refractivity contribution in [2.45, 2.75) is 13.3 Å². The number of para-hydroxylation sites is 1. The number of hydrogen-bond donors (Lipinski definition) is 2. The van der Waals surface area contributed by atoms with Crippen LogP contribution >= 0.6 is 0 Å². The first kappa shape index (κ1) is 14.9.